The average Bonchev–Trinajstić information content (AvgIpc) is 3.12. The van der Waals surface area contributed by atoms with Crippen LogP contribution in [0, 0.1) is 0 Å². The quantitative estimate of drug-likeness (QED) is 0.568. The van der Waals surface area contributed by atoms with Crippen LogP contribution in [0.2, 0.25) is 10.0 Å². The second-order valence-corrected chi connectivity index (χ2v) is 6.17. The van der Waals surface area contributed by atoms with E-state index >= 15 is 0 Å². The maximum atomic E-state index is 6.19. The number of hydrogen-bond acceptors (Lipinski definition) is 3. The summed E-state index contributed by atoms with van der Waals surface area (Å²) in [6.45, 7) is 4.43. The Balaban J connectivity index is 2.14. The van der Waals surface area contributed by atoms with Gasteiger partial charge < -0.3 is 8.98 Å². The van der Waals surface area contributed by atoms with Crippen LogP contribution in [0.4, 0.5) is 5.69 Å². The summed E-state index contributed by atoms with van der Waals surface area (Å²) in [4.78, 5) is 5.45. The summed E-state index contributed by atoms with van der Waals surface area (Å²) >= 11 is 13.6. The molecule has 22 heavy (non-hydrogen) atoms. The fourth-order valence-corrected chi connectivity index (χ4v) is 3.38. The minimum atomic E-state index is 0.519. The molecule has 0 aliphatic carbocycles. The van der Waals surface area contributed by atoms with Gasteiger partial charge in [-0.05, 0) is 30.3 Å². The highest BCUT2D eigenvalue weighted by Gasteiger charge is 2.10. The lowest BCUT2D eigenvalue weighted by Gasteiger charge is -2.04. The van der Waals surface area contributed by atoms with Crippen LogP contribution in [-0.2, 0) is 6.54 Å². The summed E-state index contributed by atoms with van der Waals surface area (Å²) in [5.74, 6) is 0.793. The topological polar surface area (TPSA) is 30.4 Å². The molecule has 0 fully saturated rings. The number of hydrogen-bond donors (Lipinski definition) is 0. The number of thiazole rings is 1. The smallest absolute Gasteiger partial charge is 0.190 e. The molecule has 0 N–H and O–H groups in total. The van der Waals surface area contributed by atoms with Gasteiger partial charge in [0.05, 0.1) is 22.7 Å². The van der Waals surface area contributed by atoms with Crippen molar-refractivity contribution in [3.05, 3.63) is 69.5 Å². The van der Waals surface area contributed by atoms with Crippen molar-refractivity contribution in [3.63, 3.8) is 0 Å². The molecule has 0 saturated carbocycles. The van der Waals surface area contributed by atoms with Crippen LogP contribution in [0.25, 0.3) is 11.5 Å². The highest BCUT2D eigenvalue weighted by Crippen LogP contribution is 2.28. The third kappa shape index (κ3) is 3.04. The SMILES string of the molecule is C=CCn1c(-c2ccco2)csc1=Nc1ccc(Cl)cc1Cl. The van der Waals surface area contributed by atoms with Gasteiger partial charge in [0.15, 0.2) is 10.6 Å². The Morgan fingerprint density at radius 1 is 1.32 bits per heavy atom. The molecule has 3 aromatic rings. The molecule has 2 heterocycles. The molecular formula is C16H12Cl2N2OS. The maximum absolute atomic E-state index is 6.19. The number of benzene rings is 1. The van der Waals surface area contributed by atoms with Crippen molar-refractivity contribution in [1.82, 2.24) is 4.57 Å². The fraction of sp³-hybridized carbons (Fsp3) is 0.0625. The Bertz CT molecular complexity index is 863. The number of aromatic nitrogens is 1. The Morgan fingerprint density at radius 2 is 2.18 bits per heavy atom. The van der Waals surface area contributed by atoms with Crippen LogP contribution in [0.1, 0.15) is 0 Å². The van der Waals surface area contributed by atoms with Crippen LogP contribution >= 0.6 is 34.5 Å². The summed E-state index contributed by atoms with van der Waals surface area (Å²) in [7, 11) is 0. The lowest BCUT2D eigenvalue weighted by atomic mass is 10.3. The van der Waals surface area contributed by atoms with E-state index in [1.54, 1.807) is 24.5 Å². The molecular weight excluding hydrogens is 339 g/mol. The minimum absolute atomic E-state index is 0.519. The van der Waals surface area contributed by atoms with Crippen molar-refractivity contribution in [2.24, 2.45) is 4.99 Å². The number of halogens is 2. The van der Waals surface area contributed by atoms with Crippen LogP contribution in [-0.4, -0.2) is 4.57 Å². The molecule has 0 unspecified atom stereocenters. The highest BCUT2D eigenvalue weighted by atomic mass is 35.5. The van der Waals surface area contributed by atoms with Gasteiger partial charge in [-0.3, -0.25) is 0 Å². The molecule has 0 amide bonds. The van der Waals surface area contributed by atoms with E-state index in [1.807, 2.05) is 28.2 Å². The lowest BCUT2D eigenvalue weighted by molar-refractivity contribution is 0.574. The highest BCUT2D eigenvalue weighted by molar-refractivity contribution is 7.07. The second kappa shape index (κ2) is 6.57. The number of allylic oxidation sites excluding steroid dienone is 1. The third-order valence-corrected chi connectivity index (χ3v) is 4.41. The normalized spacial score (nSPS) is 11.8. The van der Waals surface area contributed by atoms with Gasteiger partial charge in [0.25, 0.3) is 0 Å². The van der Waals surface area contributed by atoms with Crippen molar-refractivity contribution in [3.8, 4) is 11.5 Å². The van der Waals surface area contributed by atoms with Gasteiger partial charge in [-0.15, -0.1) is 17.9 Å². The van der Waals surface area contributed by atoms with Crippen molar-refractivity contribution in [1.29, 1.82) is 0 Å². The van der Waals surface area contributed by atoms with Crippen LogP contribution in [0.5, 0.6) is 0 Å². The molecule has 112 valence electrons. The van der Waals surface area contributed by atoms with Crippen molar-refractivity contribution >= 4 is 40.2 Å². The van der Waals surface area contributed by atoms with Gasteiger partial charge in [-0.1, -0.05) is 29.3 Å². The van der Waals surface area contributed by atoms with Gasteiger partial charge in [-0.25, -0.2) is 4.99 Å². The molecule has 0 aliphatic heterocycles. The zero-order chi connectivity index (χ0) is 15.5. The zero-order valence-corrected chi connectivity index (χ0v) is 13.8. The first-order valence-corrected chi connectivity index (χ1v) is 8.15. The first-order valence-electron chi connectivity index (χ1n) is 6.52. The summed E-state index contributed by atoms with van der Waals surface area (Å²) < 4.78 is 7.51. The molecule has 0 radical (unpaired) electrons. The molecule has 0 spiro atoms. The Kier molecular flexibility index (Phi) is 4.52. The molecule has 0 bridgehead atoms. The second-order valence-electron chi connectivity index (χ2n) is 4.49. The summed E-state index contributed by atoms with van der Waals surface area (Å²) in [5.41, 5.74) is 1.63. The van der Waals surface area contributed by atoms with Gasteiger partial charge in [0, 0.05) is 16.9 Å². The first-order chi connectivity index (χ1) is 10.7. The van der Waals surface area contributed by atoms with Gasteiger partial charge in [0.1, 0.15) is 0 Å². The van der Waals surface area contributed by atoms with E-state index in [4.69, 9.17) is 27.6 Å². The van der Waals surface area contributed by atoms with Crippen LogP contribution in [0.15, 0.2) is 64.0 Å². The van der Waals surface area contributed by atoms with E-state index < -0.39 is 0 Å². The zero-order valence-electron chi connectivity index (χ0n) is 11.5. The van der Waals surface area contributed by atoms with Gasteiger partial charge >= 0.3 is 0 Å². The van der Waals surface area contributed by atoms with E-state index in [-0.39, 0.29) is 0 Å². The predicted octanol–water partition coefficient (Wildman–Crippen LogP) is 5.53. The number of nitrogens with zero attached hydrogens (tertiary/aromatic N) is 2. The van der Waals surface area contributed by atoms with Gasteiger partial charge in [-0.2, -0.15) is 0 Å². The van der Waals surface area contributed by atoms with Crippen molar-refractivity contribution in [2.75, 3.05) is 0 Å². The van der Waals surface area contributed by atoms with Crippen molar-refractivity contribution in [2.45, 2.75) is 6.54 Å². The van der Waals surface area contributed by atoms with E-state index in [9.17, 15) is 0 Å². The van der Waals surface area contributed by atoms with Gasteiger partial charge in [0.2, 0.25) is 0 Å². The average molecular weight is 351 g/mol. The first kappa shape index (κ1) is 15.2. The molecule has 0 saturated heterocycles. The summed E-state index contributed by atoms with van der Waals surface area (Å²) in [6, 6.07) is 9.03. The molecule has 3 nitrogen and oxygen atoms in total. The summed E-state index contributed by atoms with van der Waals surface area (Å²) in [6.07, 6.45) is 3.47. The predicted molar refractivity (Wildman–Crippen MR) is 91.9 cm³/mol. The maximum Gasteiger partial charge on any atom is 0.190 e. The molecule has 6 heteroatoms. The summed E-state index contributed by atoms with van der Waals surface area (Å²) in [5, 5.41) is 3.11. The lowest BCUT2D eigenvalue weighted by Crippen LogP contribution is -2.14. The fourth-order valence-electron chi connectivity index (χ4n) is 2.02. The minimum Gasteiger partial charge on any atom is -0.463 e. The number of furan rings is 1. The van der Waals surface area contributed by atoms with E-state index in [2.05, 4.69) is 11.6 Å². The Hall–Kier alpha value is -1.75. The number of rotatable bonds is 4. The van der Waals surface area contributed by atoms with E-state index in [1.165, 1.54) is 11.3 Å². The van der Waals surface area contributed by atoms with E-state index in [0.29, 0.717) is 22.3 Å². The Morgan fingerprint density at radius 3 is 2.86 bits per heavy atom. The standard InChI is InChI=1S/C16H12Cl2N2OS/c1-2-7-20-14(15-4-3-8-21-15)10-22-16(20)19-13-6-5-11(17)9-12(13)18/h2-6,8-10H,1,7H2. The molecule has 0 atom stereocenters. The van der Waals surface area contributed by atoms with Crippen molar-refractivity contribution < 1.29 is 4.42 Å². The molecule has 3 rings (SSSR count). The largest absolute Gasteiger partial charge is 0.463 e. The van der Waals surface area contributed by atoms with Crippen LogP contribution in [0.3, 0.4) is 0 Å². The molecule has 2 aromatic heterocycles. The Labute approximate surface area is 141 Å². The monoisotopic (exact) mass is 350 g/mol. The van der Waals surface area contributed by atoms with Crippen LogP contribution < -0.4 is 4.80 Å². The van der Waals surface area contributed by atoms with E-state index in [0.717, 1.165) is 16.3 Å². The third-order valence-electron chi connectivity index (χ3n) is 3.01. The molecule has 0 aliphatic rings. The molecule has 1 aromatic carbocycles.